The Balaban J connectivity index is 1.44. The molecule has 36 heavy (non-hydrogen) atoms. The molecule has 2 saturated heterocycles. The van der Waals surface area contributed by atoms with Crippen LogP contribution in [-0.4, -0.2) is 53.1 Å². The van der Waals surface area contributed by atoms with Gasteiger partial charge < -0.3 is 14.4 Å². The maximum absolute atomic E-state index is 12.9. The highest BCUT2D eigenvalue weighted by Gasteiger charge is 2.37. The Bertz CT molecular complexity index is 1170. The number of rotatable bonds is 8. The summed E-state index contributed by atoms with van der Waals surface area (Å²) in [6.07, 6.45) is 3.55. The summed E-state index contributed by atoms with van der Waals surface area (Å²) < 4.78 is 11.8. The van der Waals surface area contributed by atoms with Crippen molar-refractivity contribution in [2.75, 3.05) is 26.2 Å². The number of likely N-dealkylation sites (tertiary alicyclic amines) is 1. The van der Waals surface area contributed by atoms with Crippen molar-refractivity contribution in [1.82, 2.24) is 9.80 Å². The van der Waals surface area contributed by atoms with Gasteiger partial charge in [-0.1, -0.05) is 42.8 Å². The van der Waals surface area contributed by atoms with Crippen molar-refractivity contribution in [3.8, 4) is 11.5 Å². The summed E-state index contributed by atoms with van der Waals surface area (Å²) in [6, 6.07) is 13.5. The number of benzene rings is 2. The number of imide groups is 1. The highest BCUT2D eigenvalue weighted by molar-refractivity contribution is 8.18. The maximum atomic E-state index is 12.9. The predicted molar refractivity (Wildman–Crippen MR) is 141 cm³/mol. The van der Waals surface area contributed by atoms with Crippen molar-refractivity contribution < 1.29 is 23.9 Å². The van der Waals surface area contributed by atoms with E-state index in [-0.39, 0.29) is 17.4 Å². The van der Waals surface area contributed by atoms with Crippen molar-refractivity contribution in [3.05, 3.63) is 64.1 Å². The SMILES string of the molecule is CCOc1cc(/C=C2\SC(=O)N(CC(=O)N3CCC(C)CC3)C2=O)ccc1OCc1cccc(C)c1. The average Bonchev–Trinajstić information content (AvgIpc) is 3.11. The lowest BCUT2D eigenvalue weighted by atomic mass is 9.99. The van der Waals surface area contributed by atoms with E-state index in [0.29, 0.717) is 49.3 Å². The number of hydrogen-bond donors (Lipinski definition) is 0. The van der Waals surface area contributed by atoms with Gasteiger partial charge in [-0.3, -0.25) is 19.3 Å². The maximum Gasteiger partial charge on any atom is 0.294 e. The summed E-state index contributed by atoms with van der Waals surface area (Å²) in [6.45, 7) is 8.09. The normalized spacial score (nSPS) is 17.7. The van der Waals surface area contributed by atoms with Crippen LogP contribution >= 0.6 is 11.8 Å². The van der Waals surface area contributed by atoms with Crippen LogP contribution in [0.15, 0.2) is 47.4 Å². The quantitative estimate of drug-likeness (QED) is 0.453. The van der Waals surface area contributed by atoms with E-state index in [4.69, 9.17) is 9.47 Å². The highest BCUT2D eigenvalue weighted by Crippen LogP contribution is 2.35. The second-order valence-corrected chi connectivity index (χ2v) is 10.2. The Morgan fingerprint density at radius 1 is 1.08 bits per heavy atom. The van der Waals surface area contributed by atoms with E-state index in [0.717, 1.165) is 40.6 Å². The zero-order valence-corrected chi connectivity index (χ0v) is 21.8. The summed E-state index contributed by atoms with van der Waals surface area (Å²) in [7, 11) is 0. The van der Waals surface area contributed by atoms with Gasteiger partial charge in [-0.05, 0) is 73.7 Å². The molecule has 8 heteroatoms. The molecule has 0 bridgehead atoms. The molecule has 0 unspecified atom stereocenters. The lowest BCUT2D eigenvalue weighted by Gasteiger charge is -2.31. The number of piperidine rings is 1. The van der Waals surface area contributed by atoms with Gasteiger partial charge in [0.1, 0.15) is 13.2 Å². The molecule has 0 spiro atoms. The molecular formula is C28H32N2O5S. The third kappa shape index (κ3) is 6.29. The van der Waals surface area contributed by atoms with E-state index in [2.05, 4.69) is 13.0 Å². The van der Waals surface area contributed by atoms with Crippen LogP contribution in [0, 0.1) is 12.8 Å². The summed E-state index contributed by atoms with van der Waals surface area (Å²) in [5.41, 5.74) is 2.93. The number of hydrogen-bond acceptors (Lipinski definition) is 6. The third-order valence-corrected chi connectivity index (χ3v) is 7.25. The van der Waals surface area contributed by atoms with Crippen molar-refractivity contribution in [1.29, 1.82) is 0 Å². The summed E-state index contributed by atoms with van der Waals surface area (Å²) >= 11 is 0.854. The summed E-state index contributed by atoms with van der Waals surface area (Å²) in [5.74, 6) is 1.13. The summed E-state index contributed by atoms with van der Waals surface area (Å²) in [5, 5.41) is -0.423. The Kier molecular flexibility index (Phi) is 8.36. The Labute approximate surface area is 216 Å². The molecular weight excluding hydrogens is 476 g/mol. The first-order valence-corrected chi connectivity index (χ1v) is 13.1. The van der Waals surface area contributed by atoms with E-state index in [1.807, 2.05) is 38.1 Å². The van der Waals surface area contributed by atoms with Crippen LogP contribution in [0.25, 0.3) is 6.08 Å². The van der Waals surface area contributed by atoms with E-state index >= 15 is 0 Å². The second kappa shape index (κ2) is 11.6. The van der Waals surface area contributed by atoms with Crippen molar-refractivity contribution >= 4 is 34.9 Å². The first kappa shape index (κ1) is 25.8. The van der Waals surface area contributed by atoms with Crippen LogP contribution in [0.2, 0.25) is 0 Å². The van der Waals surface area contributed by atoms with Gasteiger partial charge in [0.2, 0.25) is 5.91 Å². The molecule has 0 atom stereocenters. The monoisotopic (exact) mass is 508 g/mol. The molecule has 0 saturated carbocycles. The second-order valence-electron chi connectivity index (χ2n) is 9.25. The van der Waals surface area contributed by atoms with Crippen LogP contribution in [0.5, 0.6) is 11.5 Å². The molecule has 7 nitrogen and oxygen atoms in total. The molecule has 2 fully saturated rings. The van der Waals surface area contributed by atoms with Crippen LogP contribution in [0.4, 0.5) is 4.79 Å². The molecule has 0 radical (unpaired) electrons. The van der Waals surface area contributed by atoms with Crippen LogP contribution in [0.1, 0.15) is 43.4 Å². The molecule has 0 aliphatic carbocycles. The highest BCUT2D eigenvalue weighted by atomic mass is 32.2. The number of thioether (sulfide) groups is 1. The van der Waals surface area contributed by atoms with Gasteiger partial charge in [0, 0.05) is 13.1 Å². The summed E-state index contributed by atoms with van der Waals surface area (Å²) in [4.78, 5) is 41.2. The Morgan fingerprint density at radius 2 is 1.86 bits per heavy atom. The Hall–Kier alpha value is -3.26. The van der Waals surface area contributed by atoms with E-state index in [9.17, 15) is 14.4 Å². The molecule has 0 N–H and O–H groups in total. The third-order valence-electron chi connectivity index (χ3n) is 6.35. The number of ether oxygens (including phenoxy) is 2. The minimum atomic E-state index is -0.443. The van der Waals surface area contributed by atoms with Gasteiger partial charge >= 0.3 is 0 Å². The smallest absolute Gasteiger partial charge is 0.294 e. The number of carbonyl (C=O) groups excluding carboxylic acids is 3. The molecule has 4 rings (SSSR count). The van der Waals surface area contributed by atoms with Crippen molar-refractivity contribution in [3.63, 3.8) is 0 Å². The minimum absolute atomic E-state index is 0.181. The molecule has 2 aliphatic heterocycles. The fourth-order valence-electron chi connectivity index (χ4n) is 4.25. The standard InChI is InChI=1S/C28H32N2O5S/c1-4-34-24-15-21(8-9-23(24)35-18-22-7-5-6-20(3)14-22)16-25-27(32)30(28(33)36-25)17-26(31)29-12-10-19(2)11-13-29/h5-9,14-16,19H,4,10-13,17-18H2,1-3H3/b25-16-. The van der Waals surface area contributed by atoms with Crippen LogP contribution in [-0.2, 0) is 16.2 Å². The molecule has 2 aromatic carbocycles. The molecule has 2 aromatic rings. The van der Waals surface area contributed by atoms with Crippen LogP contribution in [0.3, 0.4) is 0 Å². The van der Waals surface area contributed by atoms with Crippen LogP contribution < -0.4 is 9.47 Å². The molecule has 0 aromatic heterocycles. The molecule has 3 amide bonds. The van der Waals surface area contributed by atoms with E-state index in [1.165, 1.54) is 0 Å². The van der Waals surface area contributed by atoms with Gasteiger partial charge in [-0.25, -0.2) is 0 Å². The largest absolute Gasteiger partial charge is 0.490 e. The number of aryl methyl sites for hydroxylation is 1. The molecule has 190 valence electrons. The lowest BCUT2D eigenvalue weighted by molar-refractivity contribution is -0.136. The van der Waals surface area contributed by atoms with Gasteiger partial charge in [-0.15, -0.1) is 0 Å². The van der Waals surface area contributed by atoms with Crippen molar-refractivity contribution in [2.45, 2.75) is 40.2 Å². The fraction of sp³-hybridized carbons (Fsp3) is 0.393. The van der Waals surface area contributed by atoms with Gasteiger partial charge in [0.05, 0.1) is 11.5 Å². The number of amides is 3. The fourth-order valence-corrected chi connectivity index (χ4v) is 5.08. The number of nitrogens with zero attached hydrogens (tertiary/aromatic N) is 2. The Morgan fingerprint density at radius 3 is 2.58 bits per heavy atom. The zero-order chi connectivity index (χ0) is 25.7. The molecule has 2 heterocycles. The predicted octanol–water partition coefficient (Wildman–Crippen LogP) is 5.27. The first-order valence-electron chi connectivity index (χ1n) is 12.3. The van der Waals surface area contributed by atoms with Gasteiger partial charge in [0.25, 0.3) is 11.1 Å². The van der Waals surface area contributed by atoms with Crippen molar-refractivity contribution in [2.24, 2.45) is 5.92 Å². The van der Waals surface area contributed by atoms with Gasteiger partial charge in [0.15, 0.2) is 11.5 Å². The van der Waals surface area contributed by atoms with Gasteiger partial charge in [-0.2, -0.15) is 0 Å². The van der Waals surface area contributed by atoms with E-state index < -0.39 is 11.1 Å². The zero-order valence-electron chi connectivity index (χ0n) is 21.0. The molecule has 2 aliphatic rings. The van der Waals surface area contributed by atoms with E-state index in [1.54, 1.807) is 23.1 Å². The first-order chi connectivity index (χ1) is 17.3. The average molecular weight is 509 g/mol. The topological polar surface area (TPSA) is 76.2 Å². The number of carbonyl (C=O) groups is 3. The lowest BCUT2D eigenvalue weighted by Crippen LogP contribution is -2.45. The minimum Gasteiger partial charge on any atom is -0.490 e.